The molecule has 29 heavy (non-hydrogen) atoms. The van der Waals surface area contributed by atoms with Gasteiger partial charge < -0.3 is 10.2 Å². The monoisotopic (exact) mass is 466 g/mol. The van der Waals surface area contributed by atoms with E-state index in [0.717, 1.165) is 16.1 Å². The molecule has 0 atom stereocenters. The van der Waals surface area contributed by atoms with Gasteiger partial charge in [0.25, 0.3) is 5.91 Å². The third-order valence-corrected chi connectivity index (χ3v) is 6.38. The van der Waals surface area contributed by atoms with Crippen LogP contribution in [0.25, 0.3) is 0 Å². The Hall–Kier alpha value is -2.35. The minimum atomic E-state index is -4.49. The quantitative estimate of drug-likeness (QED) is 0.718. The molecule has 0 bridgehead atoms. The molecule has 152 valence electrons. The number of hydrogen-bond acceptors (Lipinski definition) is 2. The van der Waals surface area contributed by atoms with E-state index in [0.29, 0.717) is 31.5 Å². The van der Waals surface area contributed by atoms with Crippen LogP contribution in [0.3, 0.4) is 0 Å². The van der Waals surface area contributed by atoms with Gasteiger partial charge in [0.1, 0.15) is 0 Å². The number of carbonyl (C=O) groups is 2. The number of alkyl halides is 3. The first kappa shape index (κ1) is 19.9. The zero-order valence-corrected chi connectivity index (χ0v) is 16.9. The average Bonchev–Trinajstić information content (AvgIpc) is 2.94. The summed E-state index contributed by atoms with van der Waals surface area (Å²) in [5.74, 6) is -0.478. The van der Waals surface area contributed by atoms with Gasteiger partial charge in [-0.15, -0.1) is 0 Å². The van der Waals surface area contributed by atoms with Gasteiger partial charge in [-0.1, -0.05) is 40.2 Å². The van der Waals surface area contributed by atoms with Crippen LogP contribution in [0, 0.1) is 0 Å². The maximum absolute atomic E-state index is 13.2. The van der Waals surface area contributed by atoms with Crippen molar-refractivity contribution in [3.05, 3.63) is 69.2 Å². The molecule has 0 aromatic heterocycles. The molecule has 2 aromatic carbocycles. The molecule has 4 rings (SSSR count). The van der Waals surface area contributed by atoms with Crippen molar-refractivity contribution >= 4 is 27.7 Å². The Bertz CT molecular complexity index is 982. The van der Waals surface area contributed by atoms with Crippen LogP contribution in [-0.2, 0) is 22.9 Å². The molecule has 2 aliphatic heterocycles. The summed E-state index contributed by atoms with van der Waals surface area (Å²) < 4.78 is 40.4. The fourth-order valence-corrected chi connectivity index (χ4v) is 5.03. The molecule has 2 amide bonds. The Balaban J connectivity index is 1.50. The van der Waals surface area contributed by atoms with Crippen LogP contribution >= 0.6 is 15.9 Å². The summed E-state index contributed by atoms with van der Waals surface area (Å²) in [4.78, 5) is 26.6. The van der Waals surface area contributed by atoms with Crippen LogP contribution in [-0.4, -0.2) is 29.8 Å². The Morgan fingerprint density at radius 3 is 2.48 bits per heavy atom. The number of rotatable bonds is 2. The van der Waals surface area contributed by atoms with E-state index < -0.39 is 17.3 Å². The van der Waals surface area contributed by atoms with Gasteiger partial charge in [0.2, 0.25) is 5.91 Å². The van der Waals surface area contributed by atoms with Gasteiger partial charge >= 0.3 is 6.18 Å². The Morgan fingerprint density at radius 1 is 1.10 bits per heavy atom. The van der Waals surface area contributed by atoms with Gasteiger partial charge in [0.05, 0.1) is 17.5 Å². The van der Waals surface area contributed by atoms with Gasteiger partial charge in [-0.25, -0.2) is 0 Å². The first-order valence-corrected chi connectivity index (χ1v) is 10.0. The summed E-state index contributed by atoms with van der Waals surface area (Å²) >= 11 is 3.52. The number of nitrogens with one attached hydrogen (secondary N) is 1. The molecule has 0 radical (unpaired) electrons. The average molecular weight is 467 g/mol. The second-order valence-corrected chi connectivity index (χ2v) is 8.27. The molecule has 0 aliphatic carbocycles. The second kappa shape index (κ2) is 7.16. The maximum atomic E-state index is 13.2. The number of amides is 2. The number of carbonyl (C=O) groups excluding carboxylic acids is 2. The molecule has 2 aromatic rings. The Morgan fingerprint density at radius 2 is 1.79 bits per heavy atom. The molecule has 2 aliphatic rings. The van der Waals surface area contributed by atoms with Crippen molar-refractivity contribution in [3.8, 4) is 0 Å². The van der Waals surface area contributed by atoms with Crippen molar-refractivity contribution in [1.29, 1.82) is 0 Å². The summed E-state index contributed by atoms with van der Waals surface area (Å²) in [5.41, 5.74) is 0.181. The molecule has 0 unspecified atom stereocenters. The van der Waals surface area contributed by atoms with E-state index in [1.807, 2.05) is 6.07 Å². The third kappa shape index (κ3) is 3.54. The van der Waals surface area contributed by atoms with Gasteiger partial charge in [-0.2, -0.15) is 13.2 Å². The standard InChI is InChI=1S/C21H18BrF3N2O2/c22-16-7-3-5-14-18(16)20(26-19(14)29)8-10-27(11-9-20)17(28)12-13-4-1-2-6-15(13)21(23,24)25/h1-7H,8-12H2,(H,26,29). The van der Waals surface area contributed by atoms with Crippen molar-refractivity contribution < 1.29 is 22.8 Å². The molecule has 8 heteroatoms. The lowest BCUT2D eigenvalue weighted by molar-refractivity contribution is -0.138. The lowest BCUT2D eigenvalue weighted by atomic mass is 9.81. The van der Waals surface area contributed by atoms with E-state index in [9.17, 15) is 22.8 Å². The van der Waals surface area contributed by atoms with E-state index in [4.69, 9.17) is 0 Å². The topological polar surface area (TPSA) is 49.4 Å². The first-order valence-electron chi connectivity index (χ1n) is 9.26. The number of halogens is 4. The normalized spacial score (nSPS) is 17.9. The number of piperidine rings is 1. The van der Waals surface area contributed by atoms with Crippen molar-refractivity contribution in [2.75, 3.05) is 13.1 Å². The SMILES string of the molecule is O=C1NC2(CCN(C(=O)Cc3ccccc3C(F)(F)F)CC2)c2c(Br)cccc21. The van der Waals surface area contributed by atoms with Crippen LogP contribution in [0.4, 0.5) is 13.2 Å². The second-order valence-electron chi connectivity index (χ2n) is 7.41. The number of likely N-dealkylation sites (tertiary alicyclic amines) is 1. The summed E-state index contributed by atoms with van der Waals surface area (Å²) in [7, 11) is 0. The van der Waals surface area contributed by atoms with Crippen molar-refractivity contribution in [2.24, 2.45) is 0 Å². The highest BCUT2D eigenvalue weighted by molar-refractivity contribution is 9.10. The lowest BCUT2D eigenvalue weighted by Crippen LogP contribution is -2.51. The van der Waals surface area contributed by atoms with Crippen LogP contribution < -0.4 is 5.32 Å². The number of nitrogens with zero attached hydrogens (tertiary/aromatic N) is 1. The van der Waals surface area contributed by atoms with Gasteiger partial charge in [0, 0.05) is 28.7 Å². The number of fused-ring (bicyclic) bond motifs is 2. The van der Waals surface area contributed by atoms with Gasteiger partial charge in [-0.05, 0) is 36.6 Å². The highest BCUT2D eigenvalue weighted by Crippen LogP contribution is 2.43. The maximum Gasteiger partial charge on any atom is 0.416 e. The van der Waals surface area contributed by atoms with Crippen LogP contribution in [0.5, 0.6) is 0 Å². The summed E-state index contributed by atoms with van der Waals surface area (Å²) in [6.07, 6.45) is -3.76. The van der Waals surface area contributed by atoms with Crippen LogP contribution in [0.15, 0.2) is 46.9 Å². The number of benzene rings is 2. The van der Waals surface area contributed by atoms with Gasteiger partial charge in [-0.3, -0.25) is 9.59 Å². The minimum Gasteiger partial charge on any atom is -0.342 e. The fraction of sp³-hybridized carbons (Fsp3) is 0.333. The largest absolute Gasteiger partial charge is 0.416 e. The lowest BCUT2D eigenvalue weighted by Gasteiger charge is -2.40. The highest BCUT2D eigenvalue weighted by Gasteiger charge is 2.46. The predicted octanol–water partition coefficient (Wildman–Crippen LogP) is 4.27. The van der Waals surface area contributed by atoms with Crippen LogP contribution in [0.1, 0.15) is 39.9 Å². The minimum absolute atomic E-state index is 0.0208. The smallest absolute Gasteiger partial charge is 0.342 e. The first-order chi connectivity index (χ1) is 13.7. The number of hydrogen-bond donors (Lipinski definition) is 1. The fourth-order valence-electron chi connectivity index (χ4n) is 4.29. The van der Waals surface area contributed by atoms with E-state index in [-0.39, 0.29) is 23.8 Å². The third-order valence-electron chi connectivity index (χ3n) is 5.72. The molecule has 4 nitrogen and oxygen atoms in total. The molecule has 1 N–H and O–H groups in total. The summed E-state index contributed by atoms with van der Waals surface area (Å²) in [5, 5.41) is 3.06. The molecule has 2 heterocycles. The zero-order chi connectivity index (χ0) is 20.8. The molecule has 1 saturated heterocycles. The Kier molecular flexibility index (Phi) is 4.93. The van der Waals surface area contributed by atoms with Gasteiger partial charge in [0.15, 0.2) is 0 Å². The molecule has 1 spiro atoms. The molecule has 1 fully saturated rings. The summed E-state index contributed by atoms with van der Waals surface area (Å²) in [6.45, 7) is 0.738. The summed E-state index contributed by atoms with van der Waals surface area (Å²) in [6, 6.07) is 10.6. The predicted molar refractivity (Wildman–Crippen MR) is 104 cm³/mol. The Labute approximate surface area is 174 Å². The van der Waals surface area contributed by atoms with E-state index >= 15 is 0 Å². The van der Waals surface area contributed by atoms with E-state index in [2.05, 4.69) is 21.2 Å². The van der Waals surface area contributed by atoms with Crippen molar-refractivity contribution in [3.63, 3.8) is 0 Å². The van der Waals surface area contributed by atoms with Crippen molar-refractivity contribution in [1.82, 2.24) is 10.2 Å². The zero-order valence-electron chi connectivity index (χ0n) is 15.4. The van der Waals surface area contributed by atoms with Crippen LogP contribution in [0.2, 0.25) is 0 Å². The molecule has 0 saturated carbocycles. The van der Waals surface area contributed by atoms with E-state index in [1.54, 1.807) is 17.0 Å². The molecular weight excluding hydrogens is 449 g/mol. The van der Waals surface area contributed by atoms with E-state index in [1.165, 1.54) is 18.2 Å². The van der Waals surface area contributed by atoms with Crippen molar-refractivity contribution in [2.45, 2.75) is 31.0 Å². The molecular formula is C21H18BrF3N2O2. The highest BCUT2D eigenvalue weighted by atomic mass is 79.9.